The fourth-order valence-electron chi connectivity index (χ4n) is 0.398. The molecule has 0 aromatic heterocycles. The van der Waals surface area contributed by atoms with Gasteiger partial charge in [-0.15, -0.1) is 0 Å². The Bertz CT molecular complexity index is 48.5. The van der Waals surface area contributed by atoms with Crippen LogP contribution < -0.4 is 0 Å². The first-order valence-electron chi connectivity index (χ1n) is 2.84. The molecule has 0 aliphatic rings. The van der Waals surface area contributed by atoms with E-state index in [1.807, 2.05) is 13.8 Å². The summed E-state index contributed by atoms with van der Waals surface area (Å²) >= 11 is 0. The average molecular weight is 122 g/mol. The van der Waals surface area contributed by atoms with E-state index in [1.165, 1.54) is 0 Å². The highest BCUT2D eigenvalue weighted by Gasteiger charge is 2.11. The molecule has 2 heteroatoms. The van der Waals surface area contributed by atoms with E-state index in [0.717, 1.165) is 0 Å². The molecule has 0 aliphatic heterocycles. The van der Waals surface area contributed by atoms with Gasteiger partial charge in [0.05, 0.1) is 13.3 Å². The van der Waals surface area contributed by atoms with Crippen LogP contribution in [0.1, 0.15) is 13.8 Å². The molecule has 0 spiro atoms. The third-order valence-corrected chi connectivity index (χ3v) is 1.34. The van der Waals surface area contributed by atoms with E-state index < -0.39 is 13.3 Å². The van der Waals surface area contributed by atoms with Crippen LogP contribution in [0.2, 0.25) is 0 Å². The Hall–Kier alpha value is -0.140. The minimum atomic E-state index is -0.534. The van der Waals surface area contributed by atoms with Crippen molar-refractivity contribution >= 4 is 0 Å². The molecule has 0 nitrogen and oxygen atoms in total. The molecule has 0 aromatic carbocycles. The van der Waals surface area contributed by atoms with Gasteiger partial charge in [-0.3, -0.25) is 8.78 Å². The highest BCUT2D eigenvalue weighted by Crippen LogP contribution is 2.10. The van der Waals surface area contributed by atoms with Crippen molar-refractivity contribution in [1.82, 2.24) is 0 Å². The molecule has 0 rings (SSSR count). The number of rotatable bonds is 3. The summed E-state index contributed by atoms with van der Waals surface area (Å²) < 4.78 is 23.3. The number of halogens is 2. The summed E-state index contributed by atoms with van der Waals surface area (Å²) in [5.74, 6) is -0.250. The topological polar surface area (TPSA) is 0 Å². The lowest BCUT2D eigenvalue weighted by Crippen LogP contribution is -2.12. The van der Waals surface area contributed by atoms with Crippen molar-refractivity contribution in [3.8, 4) is 0 Å². The molecular formula is C6H12F2. The fourth-order valence-corrected chi connectivity index (χ4v) is 0.398. The Morgan fingerprint density at radius 2 is 1.50 bits per heavy atom. The van der Waals surface area contributed by atoms with Gasteiger partial charge in [0.15, 0.2) is 0 Å². The second-order valence-corrected chi connectivity index (χ2v) is 2.31. The molecule has 0 aromatic rings. The van der Waals surface area contributed by atoms with Crippen LogP contribution in [-0.2, 0) is 0 Å². The van der Waals surface area contributed by atoms with E-state index in [-0.39, 0.29) is 11.8 Å². The van der Waals surface area contributed by atoms with Crippen molar-refractivity contribution in [2.75, 3.05) is 13.3 Å². The lowest BCUT2D eigenvalue weighted by molar-refractivity contribution is 0.232. The van der Waals surface area contributed by atoms with Crippen molar-refractivity contribution in [3.63, 3.8) is 0 Å². The minimum Gasteiger partial charge on any atom is -0.251 e. The van der Waals surface area contributed by atoms with Gasteiger partial charge in [0.2, 0.25) is 0 Å². The first kappa shape index (κ1) is 7.86. The van der Waals surface area contributed by atoms with Gasteiger partial charge < -0.3 is 0 Å². The lowest BCUT2D eigenvalue weighted by Gasteiger charge is -2.10. The van der Waals surface area contributed by atoms with E-state index in [0.29, 0.717) is 0 Å². The maximum Gasteiger partial charge on any atom is 0.0950 e. The van der Waals surface area contributed by atoms with Crippen LogP contribution in [-0.4, -0.2) is 13.3 Å². The number of alkyl halides is 2. The maximum atomic E-state index is 11.7. The van der Waals surface area contributed by atoms with Crippen LogP contribution in [0.3, 0.4) is 0 Å². The third kappa shape index (κ3) is 2.24. The van der Waals surface area contributed by atoms with Crippen molar-refractivity contribution in [2.45, 2.75) is 13.8 Å². The van der Waals surface area contributed by atoms with Gasteiger partial charge in [-0.05, 0) is 5.92 Å². The lowest BCUT2D eigenvalue weighted by atomic mass is 9.99. The molecule has 0 fully saturated rings. The summed E-state index contributed by atoms with van der Waals surface area (Å²) in [7, 11) is 0. The molecular weight excluding hydrogens is 110 g/mol. The molecule has 0 N–H and O–H groups in total. The largest absolute Gasteiger partial charge is 0.251 e. The molecule has 0 unspecified atom stereocenters. The van der Waals surface area contributed by atoms with Crippen LogP contribution >= 0.6 is 0 Å². The molecule has 0 saturated carbocycles. The van der Waals surface area contributed by atoms with Gasteiger partial charge in [0.1, 0.15) is 0 Å². The standard InChI is InChI=1S/C6H12F2/c1-5(2)6(3-7)4-8/h5-6H,3-4H2,1-2H3. The van der Waals surface area contributed by atoms with Gasteiger partial charge in [-0.25, -0.2) is 0 Å². The molecule has 8 heavy (non-hydrogen) atoms. The van der Waals surface area contributed by atoms with Gasteiger partial charge >= 0.3 is 0 Å². The van der Waals surface area contributed by atoms with Crippen molar-refractivity contribution in [1.29, 1.82) is 0 Å². The zero-order valence-corrected chi connectivity index (χ0v) is 5.32. The van der Waals surface area contributed by atoms with Gasteiger partial charge in [-0.1, -0.05) is 13.8 Å². The monoisotopic (exact) mass is 122 g/mol. The molecule has 0 saturated heterocycles. The maximum absolute atomic E-state index is 11.7. The quantitative estimate of drug-likeness (QED) is 0.538. The van der Waals surface area contributed by atoms with Crippen LogP contribution in [0.15, 0.2) is 0 Å². The molecule has 0 heterocycles. The smallest absolute Gasteiger partial charge is 0.0950 e. The Morgan fingerprint density at radius 1 is 1.12 bits per heavy atom. The van der Waals surface area contributed by atoms with E-state index in [2.05, 4.69) is 0 Å². The van der Waals surface area contributed by atoms with Crippen LogP contribution in [0.4, 0.5) is 8.78 Å². The van der Waals surface area contributed by atoms with Crippen molar-refractivity contribution in [3.05, 3.63) is 0 Å². The van der Waals surface area contributed by atoms with Gasteiger partial charge in [-0.2, -0.15) is 0 Å². The summed E-state index contributed by atoms with van der Waals surface area (Å²) in [4.78, 5) is 0. The van der Waals surface area contributed by atoms with E-state index in [1.54, 1.807) is 0 Å². The number of hydrogen-bond acceptors (Lipinski definition) is 0. The zero-order chi connectivity index (χ0) is 6.57. The summed E-state index contributed by atoms with van der Waals surface area (Å²) in [6.45, 7) is 2.58. The Kier molecular flexibility index (Phi) is 3.75. The second-order valence-electron chi connectivity index (χ2n) is 2.31. The van der Waals surface area contributed by atoms with Crippen molar-refractivity contribution in [2.24, 2.45) is 11.8 Å². The summed E-state index contributed by atoms with van der Waals surface area (Å²) in [6, 6.07) is 0. The highest BCUT2D eigenvalue weighted by atomic mass is 19.1. The predicted octanol–water partition coefficient (Wildman–Crippen LogP) is 2.20. The molecule has 0 aliphatic carbocycles. The van der Waals surface area contributed by atoms with Crippen LogP contribution in [0, 0.1) is 11.8 Å². The summed E-state index contributed by atoms with van der Waals surface area (Å²) in [6.07, 6.45) is 0. The van der Waals surface area contributed by atoms with Crippen LogP contribution in [0.25, 0.3) is 0 Å². The van der Waals surface area contributed by atoms with Gasteiger partial charge in [0.25, 0.3) is 0 Å². The Labute approximate surface area is 48.9 Å². The first-order chi connectivity index (χ1) is 3.72. The first-order valence-corrected chi connectivity index (χ1v) is 2.84. The third-order valence-electron chi connectivity index (χ3n) is 1.34. The van der Waals surface area contributed by atoms with Crippen LogP contribution in [0.5, 0.6) is 0 Å². The van der Waals surface area contributed by atoms with E-state index in [9.17, 15) is 8.78 Å². The average Bonchev–Trinajstić information content (AvgIpc) is 1.69. The van der Waals surface area contributed by atoms with E-state index >= 15 is 0 Å². The predicted molar refractivity (Wildman–Crippen MR) is 30.3 cm³/mol. The second kappa shape index (κ2) is 3.81. The molecule has 0 atom stereocenters. The van der Waals surface area contributed by atoms with Crippen molar-refractivity contribution < 1.29 is 8.78 Å². The van der Waals surface area contributed by atoms with Gasteiger partial charge in [0, 0.05) is 5.92 Å². The molecule has 50 valence electrons. The minimum absolute atomic E-state index is 0.130. The Balaban J connectivity index is 3.35. The molecule has 0 radical (unpaired) electrons. The number of hydrogen-bond donors (Lipinski definition) is 0. The molecule has 0 amide bonds. The fraction of sp³-hybridized carbons (Fsp3) is 1.00. The highest BCUT2D eigenvalue weighted by molar-refractivity contribution is 4.58. The molecule has 0 bridgehead atoms. The Morgan fingerprint density at radius 3 is 1.50 bits per heavy atom. The SMILES string of the molecule is CC(C)C(CF)CF. The zero-order valence-electron chi connectivity index (χ0n) is 5.32. The summed E-state index contributed by atoms with van der Waals surface area (Å²) in [5, 5.41) is 0. The van der Waals surface area contributed by atoms with E-state index in [4.69, 9.17) is 0 Å². The summed E-state index contributed by atoms with van der Waals surface area (Å²) in [5.41, 5.74) is 0. The normalized spacial score (nSPS) is 11.2.